The second-order valence-corrected chi connectivity index (χ2v) is 12.3. The van der Waals surface area contributed by atoms with Crippen molar-refractivity contribution in [2.45, 2.75) is 55.1 Å². The fourth-order valence-electron chi connectivity index (χ4n) is 7.07. The number of methoxy groups -OCH3 is 2. The van der Waals surface area contributed by atoms with Gasteiger partial charge in [0.2, 0.25) is 5.12 Å². The van der Waals surface area contributed by atoms with Crippen molar-refractivity contribution in [3.8, 4) is 5.75 Å². The highest BCUT2D eigenvalue weighted by molar-refractivity contribution is 9.09. The van der Waals surface area contributed by atoms with Gasteiger partial charge < -0.3 is 9.47 Å². The molecule has 6 heteroatoms. The van der Waals surface area contributed by atoms with E-state index in [1.807, 2.05) is 24.3 Å². The highest BCUT2D eigenvalue weighted by Gasteiger charge is 2.52. The molecule has 0 spiro atoms. The van der Waals surface area contributed by atoms with Gasteiger partial charge >= 0.3 is 5.97 Å². The summed E-state index contributed by atoms with van der Waals surface area (Å²) in [7, 11) is 3.13. The Morgan fingerprint density at radius 2 is 1.76 bits per heavy atom. The van der Waals surface area contributed by atoms with Crippen molar-refractivity contribution in [2.24, 2.45) is 17.8 Å². The molecule has 4 saturated carbocycles. The topological polar surface area (TPSA) is 52.6 Å². The summed E-state index contributed by atoms with van der Waals surface area (Å²) in [6, 6.07) is 6.03. The minimum atomic E-state index is -0.421. The van der Waals surface area contributed by atoms with E-state index >= 15 is 0 Å². The largest absolute Gasteiger partial charge is 0.496 e. The van der Waals surface area contributed by atoms with E-state index < -0.39 is 4.75 Å². The van der Waals surface area contributed by atoms with Crippen molar-refractivity contribution in [1.82, 2.24) is 0 Å². The Bertz CT molecular complexity index is 994. The number of hydrogen-bond acceptors (Lipinski definition) is 5. The average molecular weight is 532 g/mol. The number of esters is 1. The molecule has 0 heterocycles. The number of benzene rings is 1. The molecule has 0 saturated heterocycles. The van der Waals surface area contributed by atoms with Crippen LogP contribution in [0.5, 0.6) is 5.75 Å². The number of allylic oxidation sites excluding steroid dienone is 1. The van der Waals surface area contributed by atoms with Crippen molar-refractivity contribution in [2.75, 3.05) is 19.5 Å². The fourth-order valence-corrected chi connectivity index (χ4v) is 8.80. The Kier molecular flexibility index (Phi) is 6.28. The van der Waals surface area contributed by atoms with Gasteiger partial charge in [-0.25, -0.2) is 4.79 Å². The molecule has 5 aliphatic rings. The van der Waals surface area contributed by atoms with Crippen molar-refractivity contribution >= 4 is 38.8 Å². The molecule has 4 nitrogen and oxygen atoms in total. The van der Waals surface area contributed by atoms with Crippen molar-refractivity contribution in [3.05, 3.63) is 53.1 Å². The Balaban J connectivity index is 1.40. The van der Waals surface area contributed by atoms with E-state index in [1.165, 1.54) is 63.0 Å². The summed E-state index contributed by atoms with van der Waals surface area (Å²) in [5, 5.41) is 0.679. The molecule has 1 unspecified atom stereocenters. The molecule has 4 bridgehead atoms. The summed E-state index contributed by atoms with van der Waals surface area (Å²) in [6.07, 6.45) is 14.0. The lowest BCUT2D eigenvalue weighted by molar-refractivity contribution is -0.135. The number of rotatable bonds is 6. The van der Waals surface area contributed by atoms with Crippen LogP contribution in [0, 0.1) is 17.8 Å². The van der Waals surface area contributed by atoms with Gasteiger partial charge in [-0.3, -0.25) is 4.79 Å². The normalized spacial score (nSPS) is 34.2. The Labute approximate surface area is 208 Å². The molecule has 6 rings (SSSR count). The molecule has 1 atom stereocenters. The third-order valence-electron chi connectivity index (χ3n) is 8.22. The van der Waals surface area contributed by atoms with Gasteiger partial charge in [0.25, 0.3) is 0 Å². The van der Waals surface area contributed by atoms with Crippen LogP contribution in [0.25, 0.3) is 0 Å². The number of hydrogen-bond donors (Lipinski definition) is 0. The number of carbonyl (C=O) groups is 2. The van der Waals surface area contributed by atoms with Gasteiger partial charge in [-0.2, -0.15) is 0 Å². The number of thioether (sulfide) groups is 1. The molecule has 0 N–H and O–H groups in total. The van der Waals surface area contributed by atoms with Gasteiger partial charge in [-0.1, -0.05) is 45.9 Å². The van der Waals surface area contributed by atoms with Gasteiger partial charge in [-0.15, -0.1) is 0 Å². The monoisotopic (exact) mass is 530 g/mol. The van der Waals surface area contributed by atoms with Crippen LogP contribution in [-0.2, 0) is 14.9 Å². The maximum Gasteiger partial charge on any atom is 0.337 e. The fraction of sp³-hybridized carbons (Fsp3) is 0.556. The minimum absolute atomic E-state index is 0.0580. The van der Waals surface area contributed by atoms with Gasteiger partial charge in [0, 0.05) is 16.5 Å². The first-order valence-electron chi connectivity index (χ1n) is 11.8. The number of halogens is 1. The van der Waals surface area contributed by atoms with Crippen molar-refractivity contribution in [3.63, 3.8) is 0 Å². The van der Waals surface area contributed by atoms with E-state index in [0.29, 0.717) is 17.3 Å². The van der Waals surface area contributed by atoms with E-state index in [4.69, 9.17) is 9.47 Å². The van der Waals surface area contributed by atoms with E-state index in [0.717, 1.165) is 29.1 Å². The summed E-state index contributed by atoms with van der Waals surface area (Å²) >= 11 is 4.93. The molecule has 0 amide bonds. The first-order chi connectivity index (χ1) is 15.9. The van der Waals surface area contributed by atoms with Crippen LogP contribution in [0.15, 0.2) is 42.0 Å². The summed E-state index contributed by atoms with van der Waals surface area (Å²) in [4.78, 5) is 25.3. The van der Waals surface area contributed by atoms with Crippen LogP contribution in [0.2, 0.25) is 0 Å². The number of alkyl halides is 1. The van der Waals surface area contributed by atoms with E-state index in [2.05, 4.69) is 22.0 Å². The van der Waals surface area contributed by atoms with Crippen molar-refractivity contribution in [1.29, 1.82) is 0 Å². The average Bonchev–Trinajstić information content (AvgIpc) is 2.82. The standard InChI is InChI=1S/C27H31BrO4S/c1-31-23-4-3-21(12-22(23)26-13-17-9-18(14-26)11-19(10-17)15-26)25(30)33-27(16-28)7-5-20(6-8-27)24(29)32-2/h3-7,12,17-19H,8-11,13-16H2,1-2H3. The smallest absolute Gasteiger partial charge is 0.337 e. The molecule has 5 aliphatic carbocycles. The van der Waals surface area contributed by atoms with Gasteiger partial charge in [0.05, 0.1) is 24.5 Å². The van der Waals surface area contributed by atoms with Crippen LogP contribution in [0.4, 0.5) is 0 Å². The van der Waals surface area contributed by atoms with E-state index in [9.17, 15) is 9.59 Å². The first-order valence-corrected chi connectivity index (χ1v) is 13.8. The molecule has 0 radical (unpaired) electrons. The van der Waals surface area contributed by atoms with E-state index in [-0.39, 0.29) is 16.5 Å². The Hall–Kier alpha value is -1.53. The molecule has 4 fully saturated rings. The number of carbonyl (C=O) groups excluding carboxylic acids is 2. The molecular formula is C27H31BrO4S. The Morgan fingerprint density at radius 3 is 2.27 bits per heavy atom. The maximum absolute atomic E-state index is 13.5. The first kappa shape index (κ1) is 23.2. The molecule has 1 aromatic carbocycles. The lowest BCUT2D eigenvalue weighted by Gasteiger charge is -2.57. The summed E-state index contributed by atoms with van der Waals surface area (Å²) in [5.74, 6) is 3.07. The predicted molar refractivity (Wildman–Crippen MR) is 135 cm³/mol. The van der Waals surface area contributed by atoms with Crippen molar-refractivity contribution < 1.29 is 19.1 Å². The zero-order chi connectivity index (χ0) is 23.2. The van der Waals surface area contributed by atoms with Crippen LogP contribution < -0.4 is 4.74 Å². The lowest BCUT2D eigenvalue weighted by Crippen LogP contribution is -2.48. The minimum Gasteiger partial charge on any atom is -0.496 e. The van der Waals surface area contributed by atoms with Crippen LogP contribution in [0.1, 0.15) is 60.9 Å². The highest BCUT2D eigenvalue weighted by atomic mass is 79.9. The predicted octanol–water partition coefficient (Wildman–Crippen LogP) is 6.23. The Morgan fingerprint density at radius 1 is 1.09 bits per heavy atom. The molecule has 33 heavy (non-hydrogen) atoms. The van der Waals surface area contributed by atoms with Crippen LogP contribution in [-0.4, -0.2) is 35.4 Å². The number of ether oxygens (including phenoxy) is 2. The molecule has 1 aromatic rings. The van der Waals surface area contributed by atoms with Crippen LogP contribution >= 0.6 is 27.7 Å². The second kappa shape index (κ2) is 8.92. The van der Waals surface area contributed by atoms with Gasteiger partial charge in [0.1, 0.15) is 5.75 Å². The molecule has 176 valence electrons. The molecule has 0 aromatic heterocycles. The van der Waals surface area contributed by atoms with Crippen LogP contribution in [0.3, 0.4) is 0 Å². The maximum atomic E-state index is 13.5. The zero-order valence-electron chi connectivity index (χ0n) is 19.3. The summed E-state index contributed by atoms with van der Waals surface area (Å²) < 4.78 is 10.2. The third kappa shape index (κ3) is 4.22. The van der Waals surface area contributed by atoms with E-state index in [1.54, 1.807) is 13.2 Å². The lowest BCUT2D eigenvalue weighted by atomic mass is 9.48. The molecular weight excluding hydrogens is 500 g/mol. The molecule has 0 aliphatic heterocycles. The highest BCUT2D eigenvalue weighted by Crippen LogP contribution is 2.62. The summed E-state index contributed by atoms with van der Waals surface area (Å²) in [6.45, 7) is 0. The van der Waals surface area contributed by atoms with Gasteiger partial charge in [-0.05, 0) is 86.3 Å². The SMILES string of the molecule is COC(=O)C1=CCC(CBr)(SC(=O)c2ccc(OC)c(C34CC5CC(CC(C5)C3)C4)c2)C=C1. The summed E-state index contributed by atoms with van der Waals surface area (Å²) in [5.41, 5.74) is 2.69. The third-order valence-corrected chi connectivity index (χ3v) is 10.9. The quantitative estimate of drug-likeness (QED) is 0.322. The zero-order valence-corrected chi connectivity index (χ0v) is 21.7. The van der Waals surface area contributed by atoms with Gasteiger partial charge in [0.15, 0.2) is 0 Å². The second-order valence-electron chi connectivity index (χ2n) is 10.4.